The zero-order chi connectivity index (χ0) is 18.3. The fourth-order valence-corrected chi connectivity index (χ4v) is 4.54. The summed E-state index contributed by atoms with van der Waals surface area (Å²) in [5, 5.41) is 4.26. The van der Waals surface area contributed by atoms with Gasteiger partial charge in [-0.15, -0.1) is 0 Å². The van der Waals surface area contributed by atoms with E-state index < -0.39 is 0 Å². The number of carbonyl (C=O) groups is 2. The molecule has 0 spiro atoms. The van der Waals surface area contributed by atoms with Gasteiger partial charge in [0.25, 0.3) is 5.91 Å². The average molecular weight is 354 g/mol. The number of aryl methyl sites for hydroxylation is 1. The van der Waals surface area contributed by atoms with Gasteiger partial charge in [0, 0.05) is 42.5 Å². The first-order valence-corrected chi connectivity index (χ1v) is 9.45. The number of amides is 2. The Morgan fingerprint density at radius 1 is 1.35 bits per heavy atom. The van der Waals surface area contributed by atoms with Crippen LogP contribution in [0.4, 0.5) is 0 Å². The Kier molecular flexibility index (Phi) is 4.44. The smallest absolute Gasteiger partial charge is 0.267 e. The van der Waals surface area contributed by atoms with E-state index in [0.29, 0.717) is 24.6 Å². The van der Waals surface area contributed by atoms with Gasteiger partial charge < -0.3 is 20.9 Å². The molecule has 3 atom stereocenters. The summed E-state index contributed by atoms with van der Waals surface area (Å²) in [6.45, 7) is 3.17. The fourth-order valence-electron chi connectivity index (χ4n) is 4.54. The van der Waals surface area contributed by atoms with Crippen molar-refractivity contribution in [3.8, 4) is 0 Å². The number of H-pyrrole nitrogens is 1. The van der Waals surface area contributed by atoms with Crippen LogP contribution >= 0.6 is 0 Å². The number of rotatable bonds is 4. The van der Waals surface area contributed by atoms with E-state index in [4.69, 9.17) is 5.73 Å². The lowest BCUT2D eigenvalue weighted by molar-refractivity contribution is -0.139. The largest absolute Gasteiger partial charge is 0.350 e. The van der Waals surface area contributed by atoms with Crippen molar-refractivity contribution in [2.45, 2.75) is 44.7 Å². The highest BCUT2D eigenvalue weighted by atomic mass is 16.2. The summed E-state index contributed by atoms with van der Waals surface area (Å²) in [4.78, 5) is 30.2. The first-order chi connectivity index (χ1) is 12.6. The van der Waals surface area contributed by atoms with Crippen LogP contribution in [0.25, 0.3) is 10.9 Å². The van der Waals surface area contributed by atoms with Gasteiger partial charge in [-0.2, -0.15) is 0 Å². The second-order valence-corrected chi connectivity index (χ2v) is 7.61. The maximum atomic E-state index is 12.7. The van der Waals surface area contributed by atoms with Gasteiger partial charge in [0.15, 0.2) is 0 Å². The van der Waals surface area contributed by atoms with Gasteiger partial charge >= 0.3 is 0 Å². The Balaban J connectivity index is 1.45. The number of nitrogens with one attached hydrogen (secondary N) is 2. The molecule has 2 aliphatic heterocycles. The van der Waals surface area contributed by atoms with E-state index >= 15 is 0 Å². The molecule has 1 aliphatic carbocycles. The topological polar surface area (TPSA) is 91.2 Å². The summed E-state index contributed by atoms with van der Waals surface area (Å²) in [7, 11) is 0. The molecule has 1 aromatic heterocycles. The predicted octanol–water partition coefficient (Wildman–Crippen LogP) is 1.93. The highest BCUT2D eigenvalue weighted by Gasteiger charge is 2.42. The van der Waals surface area contributed by atoms with Gasteiger partial charge in [-0.25, -0.2) is 0 Å². The number of para-hydroxylation sites is 1. The number of nitrogens with two attached hydrogens (primary N) is 1. The second kappa shape index (κ2) is 6.76. The summed E-state index contributed by atoms with van der Waals surface area (Å²) in [5.74, 6) is 0.424. The molecule has 0 radical (unpaired) electrons. The monoisotopic (exact) mass is 354 g/mol. The molecule has 6 nitrogen and oxygen atoms in total. The van der Waals surface area contributed by atoms with Crippen molar-refractivity contribution < 1.29 is 9.59 Å². The van der Waals surface area contributed by atoms with Crippen LogP contribution in [0.5, 0.6) is 0 Å². The minimum absolute atomic E-state index is 0.0574. The van der Waals surface area contributed by atoms with Crippen molar-refractivity contribution in [1.82, 2.24) is 15.2 Å². The normalized spacial score (nSPS) is 24.8. The molecule has 3 fully saturated rings. The first-order valence-electron chi connectivity index (χ1n) is 9.45. The van der Waals surface area contributed by atoms with Gasteiger partial charge in [-0.05, 0) is 43.7 Å². The standard InChI is InChI=1S/C20H26N4O2/c1-12-3-2-4-13-9-17(22-19(12)13)20(26)23-16-10-15-6-5-14(16)11-24(15)18(25)7-8-21/h2-4,9,14-16,22H,5-8,10-11,21H2,1H3,(H,23,26)/t14?,15?,16-/m1/s1. The molecule has 2 unspecified atom stereocenters. The lowest BCUT2D eigenvalue weighted by Gasteiger charge is -2.49. The summed E-state index contributed by atoms with van der Waals surface area (Å²) in [6, 6.07) is 8.33. The average Bonchev–Trinajstić information content (AvgIpc) is 3.08. The van der Waals surface area contributed by atoms with Crippen LogP contribution in [0, 0.1) is 12.8 Å². The fraction of sp³-hybridized carbons (Fsp3) is 0.500. The summed E-state index contributed by atoms with van der Waals surface area (Å²) >= 11 is 0. The zero-order valence-corrected chi connectivity index (χ0v) is 15.1. The molecule has 1 aromatic carbocycles. The number of nitrogens with zero attached hydrogens (tertiary/aromatic N) is 1. The molecule has 2 amide bonds. The molecule has 2 saturated heterocycles. The number of hydrogen-bond acceptors (Lipinski definition) is 3. The number of benzene rings is 1. The van der Waals surface area contributed by atoms with E-state index in [-0.39, 0.29) is 23.9 Å². The lowest BCUT2D eigenvalue weighted by Crippen LogP contribution is -2.60. The summed E-state index contributed by atoms with van der Waals surface area (Å²) < 4.78 is 0. The molecule has 5 rings (SSSR count). The second-order valence-electron chi connectivity index (χ2n) is 7.61. The van der Waals surface area contributed by atoms with Crippen LogP contribution in [0.1, 0.15) is 41.7 Å². The van der Waals surface area contributed by atoms with Crippen LogP contribution in [0.3, 0.4) is 0 Å². The van der Waals surface area contributed by atoms with Crippen LogP contribution in [0.2, 0.25) is 0 Å². The number of carbonyl (C=O) groups excluding carboxylic acids is 2. The van der Waals surface area contributed by atoms with Gasteiger partial charge in [0.1, 0.15) is 5.69 Å². The SMILES string of the molecule is Cc1cccc2cc(C(=O)N[C@@H]3CC4CCC3CN4C(=O)CCN)[nH]c12. The molecule has 3 heterocycles. The van der Waals surface area contributed by atoms with Crippen molar-refractivity contribution in [2.75, 3.05) is 13.1 Å². The van der Waals surface area contributed by atoms with Gasteiger partial charge in [-0.1, -0.05) is 18.2 Å². The van der Waals surface area contributed by atoms with E-state index in [0.717, 1.165) is 42.3 Å². The summed E-state index contributed by atoms with van der Waals surface area (Å²) in [6.07, 6.45) is 3.34. The lowest BCUT2D eigenvalue weighted by atomic mass is 9.76. The Morgan fingerprint density at radius 2 is 2.19 bits per heavy atom. The van der Waals surface area contributed by atoms with E-state index in [1.165, 1.54) is 0 Å². The number of aromatic nitrogens is 1. The summed E-state index contributed by atoms with van der Waals surface area (Å²) in [5.41, 5.74) is 8.28. The molecular weight excluding hydrogens is 328 g/mol. The van der Waals surface area contributed by atoms with E-state index in [1.807, 2.05) is 36.1 Å². The molecule has 3 aliphatic rings. The third kappa shape index (κ3) is 2.98. The van der Waals surface area contributed by atoms with E-state index in [2.05, 4.69) is 10.3 Å². The van der Waals surface area contributed by atoms with E-state index in [1.54, 1.807) is 0 Å². The molecule has 2 bridgehead atoms. The predicted molar refractivity (Wildman–Crippen MR) is 101 cm³/mol. The van der Waals surface area contributed by atoms with Crippen molar-refractivity contribution in [3.63, 3.8) is 0 Å². The van der Waals surface area contributed by atoms with E-state index in [9.17, 15) is 9.59 Å². The molecule has 4 N–H and O–H groups in total. The number of piperidine rings is 2. The minimum atomic E-state index is -0.0574. The highest BCUT2D eigenvalue weighted by Crippen LogP contribution is 2.35. The van der Waals surface area contributed by atoms with Crippen molar-refractivity contribution in [1.29, 1.82) is 0 Å². The van der Waals surface area contributed by atoms with Crippen molar-refractivity contribution in [2.24, 2.45) is 11.7 Å². The Labute approximate surface area is 153 Å². The first kappa shape index (κ1) is 17.1. The number of fused-ring (bicyclic) bond motifs is 4. The maximum Gasteiger partial charge on any atom is 0.267 e. The number of aromatic amines is 1. The zero-order valence-electron chi connectivity index (χ0n) is 15.1. The Morgan fingerprint density at radius 3 is 2.88 bits per heavy atom. The van der Waals surface area contributed by atoms with Crippen molar-refractivity contribution in [3.05, 3.63) is 35.5 Å². The van der Waals surface area contributed by atoms with Gasteiger partial charge in [-0.3, -0.25) is 9.59 Å². The molecule has 26 heavy (non-hydrogen) atoms. The third-order valence-electron chi connectivity index (χ3n) is 5.94. The Hall–Kier alpha value is -2.34. The molecule has 138 valence electrons. The highest BCUT2D eigenvalue weighted by molar-refractivity contribution is 5.98. The molecule has 2 aromatic rings. The van der Waals surface area contributed by atoms with Crippen LogP contribution < -0.4 is 11.1 Å². The van der Waals surface area contributed by atoms with Gasteiger partial charge in [0.2, 0.25) is 5.91 Å². The maximum absolute atomic E-state index is 12.7. The molecular formula is C20H26N4O2. The van der Waals surface area contributed by atoms with Crippen LogP contribution in [0.15, 0.2) is 24.3 Å². The molecule has 1 saturated carbocycles. The molecule has 6 heteroatoms. The Bertz CT molecular complexity index is 843. The number of hydrogen-bond donors (Lipinski definition) is 3. The van der Waals surface area contributed by atoms with Crippen molar-refractivity contribution >= 4 is 22.7 Å². The quantitative estimate of drug-likeness (QED) is 0.783. The minimum Gasteiger partial charge on any atom is -0.350 e. The van der Waals surface area contributed by atoms with Crippen LogP contribution in [-0.2, 0) is 4.79 Å². The van der Waals surface area contributed by atoms with Gasteiger partial charge in [0.05, 0.1) is 0 Å². The van der Waals surface area contributed by atoms with Crippen LogP contribution in [-0.4, -0.2) is 46.9 Å². The third-order valence-corrected chi connectivity index (χ3v) is 5.94.